The van der Waals surface area contributed by atoms with Gasteiger partial charge in [-0.05, 0) is 50.5 Å². The molecule has 1 saturated carbocycles. The molecule has 2 rings (SSSR count). The first-order valence-electron chi connectivity index (χ1n) is 7.75. The highest BCUT2D eigenvalue weighted by Gasteiger charge is 2.03. The first-order valence-corrected chi connectivity index (χ1v) is 7.75. The third-order valence-electron chi connectivity index (χ3n) is 3.83. The molecule has 0 heterocycles. The van der Waals surface area contributed by atoms with Crippen LogP contribution in [0.2, 0.25) is 0 Å². The summed E-state index contributed by atoms with van der Waals surface area (Å²) in [7, 11) is 0. The van der Waals surface area contributed by atoms with E-state index in [1.807, 2.05) is 0 Å². The molecule has 0 aromatic heterocycles. The summed E-state index contributed by atoms with van der Waals surface area (Å²) in [6.45, 7) is 1.72. The van der Waals surface area contributed by atoms with Crippen molar-refractivity contribution in [3.05, 3.63) is 47.5 Å². The minimum absolute atomic E-state index is 0.820. The van der Waals surface area contributed by atoms with Crippen molar-refractivity contribution >= 4 is 0 Å². The second-order valence-electron chi connectivity index (χ2n) is 5.44. The molecule has 0 unspecified atom stereocenters. The summed E-state index contributed by atoms with van der Waals surface area (Å²) < 4.78 is 5.70. The number of hydrogen-bond acceptors (Lipinski definition) is 1. The summed E-state index contributed by atoms with van der Waals surface area (Å²) in [5.41, 5.74) is 3.06. The molecule has 0 atom stereocenters. The van der Waals surface area contributed by atoms with E-state index in [0.717, 1.165) is 19.6 Å². The lowest BCUT2D eigenvalue weighted by Gasteiger charge is -2.13. The van der Waals surface area contributed by atoms with E-state index in [4.69, 9.17) is 4.74 Å². The van der Waals surface area contributed by atoms with Crippen molar-refractivity contribution < 1.29 is 4.74 Å². The normalized spacial score (nSPS) is 15.5. The van der Waals surface area contributed by atoms with Crippen molar-refractivity contribution in [2.24, 2.45) is 0 Å². The molecule has 19 heavy (non-hydrogen) atoms. The summed E-state index contributed by atoms with van der Waals surface area (Å²) in [4.78, 5) is 0. The van der Waals surface area contributed by atoms with E-state index in [9.17, 15) is 0 Å². The zero-order valence-electron chi connectivity index (χ0n) is 11.9. The molecule has 1 aromatic carbocycles. The molecule has 0 N–H and O–H groups in total. The Labute approximate surface area is 117 Å². The molecule has 104 valence electrons. The van der Waals surface area contributed by atoms with Gasteiger partial charge in [0.25, 0.3) is 0 Å². The monoisotopic (exact) mass is 258 g/mol. The Hall–Kier alpha value is -1.08. The number of unbranched alkanes of at least 4 members (excludes halogenated alkanes) is 1. The Balaban J connectivity index is 1.48. The van der Waals surface area contributed by atoms with E-state index in [-0.39, 0.29) is 0 Å². The molecule has 1 aliphatic rings. The Morgan fingerprint density at radius 1 is 0.947 bits per heavy atom. The van der Waals surface area contributed by atoms with E-state index in [0.29, 0.717) is 0 Å². The topological polar surface area (TPSA) is 9.23 Å². The molecule has 0 spiro atoms. The molecule has 1 heteroatoms. The predicted molar refractivity (Wildman–Crippen MR) is 81.4 cm³/mol. The molecular formula is C18H26O. The molecular weight excluding hydrogens is 232 g/mol. The standard InChI is InChI=1S/C18H26O/c1-3-9-17(10-4-1)13-7-8-15-19-16-14-18-11-5-2-6-12-18/h1,3-4,9-10,14H,2,5-8,11-13,15-16H2. The zero-order chi connectivity index (χ0) is 13.2. The van der Waals surface area contributed by atoms with Crippen LogP contribution in [0.25, 0.3) is 0 Å². The minimum atomic E-state index is 0.820. The molecule has 1 aromatic rings. The van der Waals surface area contributed by atoms with Crippen LogP contribution >= 0.6 is 0 Å². The van der Waals surface area contributed by atoms with Gasteiger partial charge in [0.2, 0.25) is 0 Å². The highest BCUT2D eigenvalue weighted by Crippen LogP contribution is 2.22. The van der Waals surface area contributed by atoms with Gasteiger partial charge in [0.15, 0.2) is 0 Å². The Bertz CT molecular complexity index is 359. The van der Waals surface area contributed by atoms with Gasteiger partial charge in [-0.15, -0.1) is 0 Å². The number of rotatable bonds is 7. The van der Waals surface area contributed by atoms with E-state index in [1.54, 1.807) is 5.57 Å². The van der Waals surface area contributed by atoms with Crippen molar-refractivity contribution in [3.63, 3.8) is 0 Å². The van der Waals surface area contributed by atoms with E-state index in [2.05, 4.69) is 36.4 Å². The number of benzene rings is 1. The Morgan fingerprint density at radius 2 is 1.74 bits per heavy atom. The van der Waals surface area contributed by atoms with Gasteiger partial charge in [0.1, 0.15) is 0 Å². The Kier molecular flexibility index (Phi) is 6.73. The van der Waals surface area contributed by atoms with Gasteiger partial charge >= 0.3 is 0 Å². The van der Waals surface area contributed by atoms with E-state index < -0.39 is 0 Å². The largest absolute Gasteiger partial charge is 0.377 e. The predicted octanol–water partition coefficient (Wildman–Crippen LogP) is 4.92. The van der Waals surface area contributed by atoms with Crippen LogP contribution in [0, 0.1) is 0 Å². The lowest BCUT2D eigenvalue weighted by atomic mass is 9.95. The number of allylic oxidation sites excluding steroid dienone is 1. The first-order chi connectivity index (χ1) is 9.45. The summed E-state index contributed by atoms with van der Waals surface area (Å²) in [6, 6.07) is 10.7. The fraction of sp³-hybridized carbons (Fsp3) is 0.556. The van der Waals surface area contributed by atoms with Crippen molar-refractivity contribution in [2.45, 2.75) is 51.4 Å². The van der Waals surface area contributed by atoms with Gasteiger partial charge in [0, 0.05) is 6.61 Å². The lowest BCUT2D eigenvalue weighted by Crippen LogP contribution is -1.99. The SMILES string of the molecule is C(COCCCCc1ccccc1)=C1CCCCC1. The van der Waals surface area contributed by atoms with Gasteiger partial charge in [-0.2, -0.15) is 0 Å². The first kappa shape index (κ1) is 14.3. The van der Waals surface area contributed by atoms with Gasteiger partial charge in [-0.1, -0.05) is 48.4 Å². The van der Waals surface area contributed by atoms with E-state index in [1.165, 1.54) is 50.5 Å². The average Bonchev–Trinajstić information content (AvgIpc) is 2.48. The fourth-order valence-corrected chi connectivity index (χ4v) is 2.65. The van der Waals surface area contributed by atoms with Gasteiger partial charge in [-0.25, -0.2) is 0 Å². The highest BCUT2D eigenvalue weighted by atomic mass is 16.5. The molecule has 1 nitrogen and oxygen atoms in total. The van der Waals surface area contributed by atoms with Gasteiger partial charge < -0.3 is 4.74 Å². The molecule has 0 radical (unpaired) electrons. The van der Waals surface area contributed by atoms with Crippen LogP contribution in [0.1, 0.15) is 50.5 Å². The maximum absolute atomic E-state index is 5.70. The summed E-state index contributed by atoms with van der Waals surface area (Å²) in [5.74, 6) is 0. The molecule has 0 amide bonds. The number of hydrogen-bond donors (Lipinski definition) is 0. The smallest absolute Gasteiger partial charge is 0.0650 e. The van der Waals surface area contributed by atoms with Crippen LogP contribution < -0.4 is 0 Å². The van der Waals surface area contributed by atoms with E-state index >= 15 is 0 Å². The highest BCUT2D eigenvalue weighted by molar-refractivity contribution is 5.14. The van der Waals surface area contributed by atoms with Crippen LogP contribution in [0.3, 0.4) is 0 Å². The zero-order valence-corrected chi connectivity index (χ0v) is 11.9. The molecule has 0 bridgehead atoms. The van der Waals surface area contributed by atoms with Crippen molar-refractivity contribution in [3.8, 4) is 0 Å². The third kappa shape index (κ3) is 6.07. The number of aryl methyl sites for hydroxylation is 1. The van der Waals surface area contributed by atoms with Crippen LogP contribution in [0.5, 0.6) is 0 Å². The Morgan fingerprint density at radius 3 is 2.53 bits per heavy atom. The third-order valence-corrected chi connectivity index (χ3v) is 3.83. The summed E-state index contributed by atoms with van der Waals surface area (Å²) in [5, 5.41) is 0. The summed E-state index contributed by atoms with van der Waals surface area (Å²) in [6.07, 6.45) is 12.7. The molecule has 1 aliphatic carbocycles. The fourth-order valence-electron chi connectivity index (χ4n) is 2.65. The summed E-state index contributed by atoms with van der Waals surface area (Å²) >= 11 is 0. The average molecular weight is 258 g/mol. The van der Waals surface area contributed by atoms with Crippen LogP contribution in [-0.2, 0) is 11.2 Å². The van der Waals surface area contributed by atoms with Crippen LogP contribution in [0.4, 0.5) is 0 Å². The van der Waals surface area contributed by atoms with Crippen molar-refractivity contribution in [1.29, 1.82) is 0 Å². The quantitative estimate of drug-likeness (QED) is 0.498. The van der Waals surface area contributed by atoms with Crippen molar-refractivity contribution in [2.75, 3.05) is 13.2 Å². The maximum atomic E-state index is 5.70. The molecule has 0 aliphatic heterocycles. The van der Waals surface area contributed by atoms with Crippen LogP contribution in [-0.4, -0.2) is 13.2 Å². The van der Waals surface area contributed by atoms with Gasteiger partial charge in [0.05, 0.1) is 6.61 Å². The van der Waals surface area contributed by atoms with Crippen LogP contribution in [0.15, 0.2) is 42.0 Å². The van der Waals surface area contributed by atoms with Crippen molar-refractivity contribution in [1.82, 2.24) is 0 Å². The minimum Gasteiger partial charge on any atom is -0.377 e. The maximum Gasteiger partial charge on any atom is 0.0650 e. The second-order valence-corrected chi connectivity index (χ2v) is 5.44. The molecule has 1 fully saturated rings. The second kappa shape index (κ2) is 8.92. The number of ether oxygens (including phenoxy) is 1. The lowest BCUT2D eigenvalue weighted by molar-refractivity contribution is 0.157. The molecule has 0 saturated heterocycles. The van der Waals surface area contributed by atoms with Gasteiger partial charge in [-0.3, -0.25) is 0 Å².